The second-order valence-corrected chi connectivity index (χ2v) is 8.83. The number of benzene rings is 2. The molecule has 3 amide bonds. The zero-order valence-electron chi connectivity index (χ0n) is 23.5. The number of nitrogens with zero attached hydrogens (tertiary/aromatic N) is 3. The number of urea groups is 1. The molecule has 2 aromatic carbocycles. The van der Waals surface area contributed by atoms with Gasteiger partial charge in [-0.05, 0) is 36.2 Å². The van der Waals surface area contributed by atoms with Crippen molar-refractivity contribution in [1.82, 2.24) is 15.2 Å². The van der Waals surface area contributed by atoms with Gasteiger partial charge in [0.05, 0.1) is 46.8 Å². The number of carbonyl (C=O) groups is 2. The van der Waals surface area contributed by atoms with E-state index in [-0.39, 0.29) is 25.0 Å². The zero-order chi connectivity index (χ0) is 28.4. The van der Waals surface area contributed by atoms with Gasteiger partial charge in [0, 0.05) is 38.2 Å². The molecule has 0 saturated carbocycles. The number of hydrazone groups is 1. The molecule has 0 aromatic heterocycles. The molecule has 1 heterocycles. The average molecular weight is 543 g/mol. The highest BCUT2D eigenvalue weighted by atomic mass is 16.5. The molecule has 1 aliphatic rings. The third-order valence-electron chi connectivity index (χ3n) is 6.38. The van der Waals surface area contributed by atoms with Crippen molar-refractivity contribution in [3.05, 3.63) is 47.5 Å². The molecule has 0 spiro atoms. The van der Waals surface area contributed by atoms with Gasteiger partial charge in [-0.25, -0.2) is 9.80 Å². The van der Waals surface area contributed by atoms with E-state index in [1.807, 2.05) is 31.2 Å². The van der Waals surface area contributed by atoms with Gasteiger partial charge in [0.15, 0.2) is 11.5 Å². The summed E-state index contributed by atoms with van der Waals surface area (Å²) in [6.07, 6.45) is 1.20. The summed E-state index contributed by atoms with van der Waals surface area (Å²) in [7, 11) is 7.84. The lowest BCUT2D eigenvalue weighted by molar-refractivity contribution is -0.133. The summed E-state index contributed by atoms with van der Waals surface area (Å²) in [5, 5.41) is 9.02. The highest BCUT2D eigenvalue weighted by Crippen LogP contribution is 2.39. The minimum absolute atomic E-state index is 0.167. The summed E-state index contributed by atoms with van der Waals surface area (Å²) in [5.41, 5.74) is 2.23. The van der Waals surface area contributed by atoms with E-state index in [1.165, 1.54) is 9.91 Å². The SMILES string of the molecule is CCCNC(=O)N(CCOC)CC(=O)N1N=C(c2ccc(OC)cc2OC)CC1c1ccc(OC)c(OC)c1. The van der Waals surface area contributed by atoms with Gasteiger partial charge in [-0.3, -0.25) is 4.79 Å². The molecule has 3 rings (SSSR count). The van der Waals surface area contributed by atoms with E-state index >= 15 is 0 Å². The number of methoxy groups -OCH3 is 5. The van der Waals surface area contributed by atoms with Crippen molar-refractivity contribution in [3.8, 4) is 23.0 Å². The maximum Gasteiger partial charge on any atom is 0.317 e. The molecule has 1 atom stereocenters. The molecule has 11 heteroatoms. The standard InChI is InChI=1S/C28H38N4O7/c1-7-12-29-28(34)31(13-14-35-2)18-27(33)32-23(19-8-11-24(37-4)26(15-19)39-6)17-22(30-32)21-10-9-20(36-3)16-25(21)38-5/h8-11,15-16,23H,7,12-14,17-18H2,1-6H3,(H,29,34). The topological polar surface area (TPSA) is 111 Å². The van der Waals surface area contributed by atoms with Gasteiger partial charge in [0.2, 0.25) is 0 Å². The summed E-state index contributed by atoms with van der Waals surface area (Å²) >= 11 is 0. The molecule has 0 bridgehead atoms. The van der Waals surface area contributed by atoms with Crippen LogP contribution in [0.4, 0.5) is 4.79 Å². The van der Waals surface area contributed by atoms with Crippen LogP contribution in [-0.4, -0.2) is 89.3 Å². The predicted molar refractivity (Wildman–Crippen MR) is 147 cm³/mol. The predicted octanol–water partition coefficient (Wildman–Crippen LogP) is 3.47. The first-order valence-electron chi connectivity index (χ1n) is 12.8. The Morgan fingerprint density at radius 3 is 2.36 bits per heavy atom. The number of amides is 3. The van der Waals surface area contributed by atoms with Crippen LogP contribution in [0.2, 0.25) is 0 Å². The van der Waals surface area contributed by atoms with Crippen molar-refractivity contribution in [3.63, 3.8) is 0 Å². The van der Waals surface area contributed by atoms with E-state index < -0.39 is 6.04 Å². The summed E-state index contributed by atoms with van der Waals surface area (Å²) in [4.78, 5) is 28.0. The van der Waals surface area contributed by atoms with Crippen LogP contribution in [-0.2, 0) is 9.53 Å². The smallest absolute Gasteiger partial charge is 0.317 e. The summed E-state index contributed by atoms with van der Waals surface area (Å²) in [6.45, 7) is 2.86. The van der Waals surface area contributed by atoms with Crippen molar-refractivity contribution in [2.45, 2.75) is 25.8 Å². The maximum absolute atomic E-state index is 13.7. The zero-order valence-corrected chi connectivity index (χ0v) is 23.5. The molecule has 39 heavy (non-hydrogen) atoms. The maximum atomic E-state index is 13.7. The van der Waals surface area contributed by atoms with E-state index in [9.17, 15) is 9.59 Å². The van der Waals surface area contributed by atoms with Crippen molar-refractivity contribution in [2.75, 3.05) is 61.8 Å². The van der Waals surface area contributed by atoms with Crippen LogP contribution in [0.5, 0.6) is 23.0 Å². The largest absolute Gasteiger partial charge is 0.497 e. The fourth-order valence-electron chi connectivity index (χ4n) is 4.29. The minimum atomic E-state index is -0.443. The van der Waals surface area contributed by atoms with Gasteiger partial charge in [-0.1, -0.05) is 13.0 Å². The number of hydrogen-bond donors (Lipinski definition) is 1. The van der Waals surface area contributed by atoms with Crippen LogP contribution in [0, 0.1) is 0 Å². The van der Waals surface area contributed by atoms with Crippen LogP contribution < -0.4 is 24.3 Å². The van der Waals surface area contributed by atoms with Crippen molar-refractivity contribution < 1.29 is 33.3 Å². The van der Waals surface area contributed by atoms with E-state index in [0.29, 0.717) is 48.3 Å². The molecule has 11 nitrogen and oxygen atoms in total. The Labute approximate surface area is 229 Å². The molecule has 212 valence electrons. The van der Waals surface area contributed by atoms with E-state index in [1.54, 1.807) is 47.7 Å². The second kappa shape index (κ2) is 14.2. The third kappa shape index (κ3) is 7.11. The molecule has 0 aliphatic carbocycles. The quantitative estimate of drug-likeness (QED) is 0.413. The van der Waals surface area contributed by atoms with Crippen LogP contribution in [0.3, 0.4) is 0 Å². The normalized spacial score (nSPS) is 14.5. The van der Waals surface area contributed by atoms with Crippen LogP contribution in [0.15, 0.2) is 41.5 Å². The Morgan fingerprint density at radius 1 is 0.974 bits per heavy atom. The molecule has 1 N–H and O–H groups in total. The summed E-state index contributed by atoms with van der Waals surface area (Å²) in [5.74, 6) is 2.01. The number of hydrogen-bond acceptors (Lipinski definition) is 8. The van der Waals surface area contributed by atoms with Crippen LogP contribution >= 0.6 is 0 Å². The van der Waals surface area contributed by atoms with Gasteiger partial charge >= 0.3 is 6.03 Å². The Hall–Kier alpha value is -3.99. The van der Waals surface area contributed by atoms with Gasteiger partial charge in [0.25, 0.3) is 5.91 Å². The molecule has 1 unspecified atom stereocenters. The first kappa shape index (κ1) is 29.6. The lowest BCUT2D eigenvalue weighted by Crippen LogP contribution is -2.47. The number of rotatable bonds is 13. The second-order valence-electron chi connectivity index (χ2n) is 8.83. The molecule has 0 radical (unpaired) electrons. The van der Waals surface area contributed by atoms with Gasteiger partial charge < -0.3 is 33.9 Å². The fraction of sp³-hybridized carbons (Fsp3) is 0.464. The lowest BCUT2D eigenvalue weighted by atomic mass is 9.97. The first-order chi connectivity index (χ1) is 18.9. The lowest BCUT2D eigenvalue weighted by Gasteiger charge is -2.27. The van der Waals surface area contributed by atoms with Gasteiger partial charge in [-0.2, -0.15) is 5.10 Å². The number of ether oxygens (including phenoxy) is 5. The monoisotopic (exact) mass is 542 g/mol. The molecular formula is C28H38N4O7. The molecule has 0 fully saturated rings. The Bertz CT molecular complexity index is 1170. The van der Waals surface area contributed by atoms with Crippen molar-refractivity contribution in [2.24, 2.45) is 5.10 Å². The van der Waals surface area contributed by atoms with Gasteiger partial charge in [0.1, 0.15) is 18.0 Å². The number of nitrogens with one attached hydrogen (secondary N) is 1. The minimum Gasteiger partial charge on any atom is -0.497 e. The number of carbonyl (C=O) groups excluding carboxylic acids is 2. The van der Waals surface area contributed by atoms with Crippen LogP contribution in [0.1, 0.15) is 36.9 Å². The fourth-order valence-corrected chi connectivity index (χ4v) is 4.29. The first-order valence-corrected chi connectivity index (χ1v) is 12.8. The Balaban J connectivity index is 1.99. The van der Waals surface area contributed by atoms with E-state index in [0.717, 1.165) is 17.5 Å². The highest BCUT2D eigenvalue weighted by molar-refractivity contribution is 6.05. The van der Waals surface area contributed by atoms with Crippen molar-refractivity contribution in [1.29, 1.82) is 0 Å². The van der Waals surface area contributed by atoms with E-state index in [4.69, 9.17) is 28.8 Å². The van der Waals surface area contributed by atoms with Crippen molar-refractivity contribution >= 4 is 17.6 Å². The summed E-state index contributed by atoms with van der Waals surface area (Å²) < 4.78 is 27.0. The van der Waals surface area contributed by atoms with E-state index in [2.05, 4.69) is 5.32 Å². The van der Waals surface area contributed by atoms with Crippen LogP contribution in [0.25, 0.3) is 0 Å². The summed E-state index contributed by atoms with van der Waals surface area (Å²) in [6, 6.07) is 10.2. The third-order valence-corrected chi connectivity index (χ3v) is 6.38. The average Bonchev–Trinajstić information content (AvgIpc) is 3.42. The Morgan fingerprint density at radius 2 is 1.72 bits per heavy atom. The molecule has 1 aliphatic heterocycles. The highest BCUT2D eigenvalue weighted by Gasteiger charge is 2.35. The molecular weight excluding hydrogens is 504 g/mol. The molecule has 2 aromatic rings. The van der Waals surface area contributed by atoms with Gasteiger partial charge in [-0.15, -0.1) is 0 Å². The molecule has 0 saturated heterocycles. The Kier molecular flexibility index (Phi) is 10.8.